The molecule has 2 aromatic rings. The first-order valence-electron chi connectivity index (χ1n) is 8.37. The number of aromatic nitrogens is 1. The highest BCUT2D eigenvalue weighted by Crippen LogP contribution is 2.17. The molecule has 0 saturated carbocycles. The van der Waals surface area contributed by atoms with Crippen molar-refractivity contribution in [1.29, 1.82) is 0 Å². The fraction of sp³-hybridized carbons (Fsp3) is 0.368. The lowest BCUT2D eigenvalue weighted by atomic mass is 10.1. The fourth-order valence-electron chi connectivity index (χ4n) is 3.06. The Hall–Kier alpha value is -2.47. The summed E-state index contributed by atoms with van der Waals surface area (Å²) in [5, 5.41) is 0. The molecular weight excluding hydrogens is 321 g/mol. The molecule has 3 rings (SSSR count). The molecule has 0 unspecified atom stereocenters. The zero-order valence-corrected chi connectivity index (χ0v) is 14.3. The molecule has 1 amide bonds. The largest absolute Gasteiger partial charge is 0.380 e. The van der Waals surface area contributed by atoms with Gasteiger partial charge in [0.1, 0.15) is 0 Å². The van der Waals surface area contributed by atoms with Crippen LogP contribution < -0.4 is 4.90 Å². The standard InChI is InChI=1S/C19H22FN3O2/c1-25-14-16-5-2-4-15(12-16)13-18(24)22-8-10-23(11-9-22)19-17(20)6-3-7-21-19/h2-7,12H,8-11,13-14H2,1H3. The van der Waals surface area contributed by atoms with Crippen LogP contribution in [0.4, 0.5) is 10.2 Å². The van der Waals surface area contributed by atoms with Crippen LogP contribution in [0.3, 0.4) is 0 Å². The second-order valence-electron chi connectivity index (χ2n) is 6.11. The van der Waals surface area contributed by atoms with Gasteiger partial charge in [-0.2, -0.15) is 0 Å². The Bertz CT molecular complexity index is 730. The van der Waals surface area contributed by atoms with Crippen molar-refractivity contribution in [3.05, 3.63) is 59.5 Å². The molecule has 0 aliphatic carbocycles. The maximum Gasteiger partial charge on any atom is 0.227 e. The first-order valence-corrected chi connectivity index (χ1v) is 8.37. The van der Waals surface area contributed by atoms with Gasteiger partial charge in [0.25, 0.3) is 0 Å². The normalized spacial score (nSPS) is 14.6. The molecule has 2 heterocycles. The number of hydrogen-bond donors (Lipinski definition) is 0. The Morgan fingerprint density at radius 1 is 1.16 bits per heavy atom. The summed E-state index contributed by atoms with van der Waals surface area (Å²) in [5.41, 5.74) is 2.04. The molecular formula is C19H22FN3O2. The van der Waals surface area contributed by atoms with E-state index in [9.17, 15) is 9.18 Å². The smallest absolute Gasteiger partial charge is 0.227 e. The van der Waals surface area contributed by atoms with Crippen LogP contribution in [0.1, 0.15) is 11.1 Å². The second-order valence-corrected chi connectivity index (χ2v) is 6.11. The number of carbonyl (C=O) groups is 1. The van der Waals surface area contributed by atoms with Crippen molar-refractivity contribution >= 4 is 11.7 Å². The minimum absolute atomic E-state index is 0.0932. The summed E-state index contributed by atoms with van der Waals surface area (Å²) in [5.74, 6) is 0.134. The monoisotopic (exact) mass is 343 g/mol. The number of anilines is 1. The summed E-state index contributed by atoms with van der Waals surface area (Å²) in [4.78, 5) is 20.4. The van der Waals surface area contributed by atoms with Crippen molar-refractivity contribution in [2.24, 2.45) is 0 Å². The maximum atomic E-state index is 13.8. The summed E-state index contributed by atoms with van der Waals surface area (Å²) in [6, 6.07) is 10.9. The molecule has 0 bridgehead atoms. The third-order valence-electron chi connectivity index (χ3n) is 4.33. The summed E-state index contributed by atoms with van der Waals surface area (Å²) in [7, 11) is 1.65. The van der Waals surface area contributed by atoms with E-state index < -0.39 is 0 Å². The summed E-state index contributed by atoms with van der Waals surface area (Å²) >= 11 is 0. The number of carbonyl (C=O) groups excluding carboxylic acids is 1. The molecule has 1 saturated heterocycles. The summed E-state index contributed by atoms with van der Waals surface area (Å²) in [6.45, 7) is 2.86. The van der Waals surface area contributed by atoms with Crippen molar-refractivity contribution < 1.29 is 13.9 Å². The van der Waals surface area contributed by atoms with Crippen LogP contribution in [0.5, 0.6) is 0 Å². The lowest BCUT2D eigenvalue weighted by Crippen LogP contribution is -2.49. The number of pyridine rings is 1. The Balaban J connectivity index is 1.57. The number of hydrogen-bond acceptors (Lipinski definition) is 4. The van der Waals surface area contributed by atoms with Crippen molar-refractivity contribution in [2.75, 3.05) is 38.2 Å². The van der Waals surface area contributed by atoms with Gasteiger partial charge in [0.05, 0.1) is 13.0 Å². The Morgan fingerprint density at radius 3 is 2.64 bits per heavy atom. The number of halogens is 1. The number of nitrogens with zero attached hydrogens (tertiary/aromatic N) is 3. The van der Waals surface area contributed by atoms with Gasteiger partial charge in [0.2, 0.25) is 5.91 Å². The van der Waals surface area contributed by atoms with Crippen molar-refractivity contribution in [3.63, 3.8) is 0 Å². The number of methoxy groups -OCH3 is 1. The minimum Gasteiger partial charge on any atom is -0.380 e. The van der Waals surface area contributed by atoms with E-state index in [1.165, 1.54) is 6.07 Å². The number of ether oxygens (including phenoxy) is 1. The molecule has 0 spiro atoms. The van der Waals surface area contributed by atoms with E-state index in [4.69, 9.17) is 4.74 Å². The first-order chi connectivity index (χ1) is 12.2. The number of piperazine rings is 1. The molecule has 1 aliphatic heterocycles. The summed E-state index contributed by atoms with van der Waals surface area (Å²) < 4.78 is 19.0. The number of amides is 1. The molecule has 5 nitrogen and oxygen atoms in total. The Kier molecular flexibility index (Phi) is 5.60. The van der Waals surface area contributed by atoms with Gasteiger partial charge < -0.3 is 14.5 Å². The maximum absolute atomic E-state index is 13.8. The average molecular weight is 343 g/mol. The predicted octanol–water partition coefficient (Wildman–Crippen LogP) is 2.26. The van der Waals surface area contributed by atoms with Crippen LogP contribution in [0.15, 0.2) is 42.6 Å². The zero-order valence-electron chi connectivity index (χ0n) is 14.3. The van der Waals surface area contributed by atoms with Gasteiger partial charge in [-0.1, -0.05) is 24.3 Å². The highest BCUT2D eigenvalue weighted by Gasteiger charge is 2.23. The summed E-state index contributed by atoms with van der Waals surface area (Å²) in [6.07, 6.45) is 1.96. The van der Waals surface area contributed by atoms with Crippen LogP contribution in [0.2, 0.25) is 0 Å². The molecule has 0 radical (unpaired) electrons. The minimum atomic E-state index is -0.322. The zero-order chi connectivity index (χ0) is 17.6. The van der Waals surface area contributed by atoms with E-state index >= 15 is 0 Å². The third-order valence-corrected chi connectivity index (χ3v) is 4.33. The molecule has 6 heteroatoms. The average Bonchev–Trinajstić information content (AvgIpc) is 2.63. The van der Waals surface area contributed by atoms with E-state index in [0.29, 0.717) is 45.0 Å². The molecule has 1 aromatic heterocycles. The van der Waals surface area contributed by atoms with Gasteiger partial charge in [0, 0.05) is 39.5 Å². The van der Waals surface area contributed by atoms with Gasteiger partial charge in [-0.05, 0) is 23.3 Å². The lowest BCUT2D eigenvalue weighted by Gasteiger charge is -2.35. The first kappa shape index (κ1) is 17.4. The third kappa shape index (κ3) is 4.33. The van der Waals surface area contributed by atoms with Gasteiger partial charge >= 0.3 is 0 Å². The molecule has 1 aromatic carbocycles. The van der Waals surface area contributed by atoms with Crippen LogP contribution in [-0.2, 0) is 22.6 Å². The predicted molar refractivity (Wildman–Crippen MR) is 93.8 cm³/mol. The molecule has 25 heavy (non-hydrogen) atoms. The van der Waals surface area contributed by atoms with Crippen LogP contribution >= 0.6 is 0 Å². The van der Waals surface area contributed by atoms with Gasteiger partial charge in [0.15, 0.2) is 11.6 Å². The van der Waals surface area contributed by atoms with Crippen LogP contribution in [0, 0.1) is 5.82 Å². The fourth-order valence-corrected chi connectivity index (χ4v) is 3.06. The van der Waals surface area contributed by atoms with Crippen molar-refractivity contribution in [2.45, 2.75) is 13.0 Å². The van der Waals surface area contributed by atoms with Crippen molar-refractivity contribution in [3.8, 4) is 0 Å². The van der Waals surface area contributed by atoms with E-state index in [0.717, 1.165) is 11.1 Å². The Labute approximate surface area is 147 Å². The Morgan fingerprint density at radius 2 is 1.92 bits per heavy atom. The van der Waals surface area contributed by atoms with Crippen LogP contribution in [0.25, 0.3) is 0 Å². The van der Waals surface area contributed by atoms with E-state index in [1.54, 1.807) is 19.4 Å². The topological polar surface area (TPSA) is 45.7 Å². The number of benzene rings is 1. The highest BCUT2D eigenvalue weighted by molar-refractivity contribution is 5.79. The van der Waals surface area contributed by atoms with Crippen molar-refractivity contribution in [1.82, 2.24) is 9.88 Å². The van der Waals surface area contributed by atoms with E-state index in [1.807, 2.05) is 34.1 Å². The quantitative estimate of drug-likeness (QED) is 0.835. The van der Waals surface area contributed by atoms with Gasteiger partial charge in [-0.3, -0.25) is 4.79 Å². The molecule has 1 fully saturated rings. The molecule has 1 aliphatic rings. The van der Waals surface area contributed by atoms with E-state index in [2.05, 4.69) is 4.98 Å². The number of rotatable bonds is 5. The second kappa shape index (κ2) is 8.07. The lowest BCUT2D eigenvalue weighted by molar-refractivity contribution is -0.130. The molecule has 0 N–H and O–H groups in total. The van der Waals surface area contributed by atoms with Crippen LogP contribution in [-0.4, -0.2) is 49.1 Å². The molecule has 0 atom stereocenters. The van der Waals surface area contributed by atoms with Gasteiger partial charge in [-0.25, -0.2) is 9.37 Å². The van der Waals surface area contributed by atoms with E-state index in [-0.39, 0.29) is 11.7 Å². The SMILES string of the molecule is COCc1cccc(CC(=O)N2CCN(c3ncccc3F)CC2)c1. The van der Waals surface area contributed by atoms with Gasteiger partial charge in [-0.15, -0.1) is 0 Å². The molecule has 132 valence electrons. The highest BCUT2D eigenvalue weighted by atomic mass is 19.1.